The van der Waals surface area contributed by atoms with Crippen LogP contribution in [0.25, 0.3) is 0 Å². The van der Waals surface area contributed by atoms with E-state index in [1.54, 1.807) is 6.92 Å². The molecule has 1 heterocycles. The molecule has 0 fully saturated rings. The summed E-state index contributed by atoms with van der Waals surface area (Å²) in [6, 6.07) is 4.01. The van der Waals surface area contributed by atoms with Gasteiger partial charge in [-0.15, -0.1) is 0 Å². The smallest absolute Gasteiger partial charge is 0.356 e. The number of hydrogen-bond acceptors (Lipinski definition) is 4. The zero-order valence-corrected chi connectivity index (χ0v) is 10.4. The van der Waals surface area contributed by atoms with Gasteiger partial charge < -0.3 is 10.4 Å². The predicted molar refractivity (Wildman–Crippen MR) is 68.1 cm³/mol. The fourth-order valence-corrected chi connectivity index (χ4v) is 1.57. The van der Waals surface area contributed by atoms with Gasteiger partial charge in [0.2, 0.25) is 0 Å². The lowest BCUT2D eigenvalue weighted by Crippen LogP contribution is -2.19. The van der Waals surface area contributed by atoms with E-state index >= 15 is 0 Å². The van der Waals surface area contributed by atoms with E-state index in [0.29, 0.717) is 11.3 Å². The van der Waals surface area contributed by atoms with Crippen LogP contribution in [0.2, 0.25) is 0 Å². The Balaban J connectivity index is 2.28. The number of benzene rings is 1. The molecule has 0 unspecified atom stereocenters. The van der Waals surface area contributed by atoms with E-state index in [9.17, 15) is 14.0 Å². The fraction of sp³-hybridized carbons (Fsp3) is 0.0769. The third-order valence-corrected chi connectivity index (χ3v) is 2.53. The molecule has 1 amide bonds. The molecule has 2 aromatic rings. The SMILES string of the molecule is Cc1cc(NC(=O)c2nccnc2C(=O)O)ccc1F. The molecule has 0 atom stereocenters. The molecule has 2 N–H and O–H groups in total. The van der Waals surface area contributed by atoms with Gasteiger partial charge in [0.15, 0.2) is 11.4 Å². The second-order valence-corrected chi connectivity index (χ2v) is 3.98. The Hall–Kier alpha value is -2.83. The topological polar surface area (TPSA) is 92.2 Å². The average Bonchev–Trinajstić information content (AvgIpc) is 2.43. The minimum absolute atomic E-state index is 0.304. The molecule has 0 spiro atoms. The molecule has 20 heavy (non-hydrogen) atoms. The maximum absolute atomic E-state index is 13.1. The first-order chi connectivity index (χ1) is 9.49. The van der Waals surface area contributed by atoms with Gasteiger partial charge in [0.05, 0.1) is 0 Å². The number of carboxylic acid groups (broad SMARTS) is 1. The number of amides is 1. The van der Waals surface area contributed by atoms with E-state index in [4.69, 9.17) is 5.11 Å². The number of carboxylic acids is 1. The summed E-state index contributed by atoms with van der Waals surface area (Å²) in [7, 11) is 0. The number of carbonyl (C=O) groups excluding carboxylic acids is 1. The molecule has 0 aliphatic rings. The first kappa shape index (κ1) is 13.6. The van der Waals surface area contributed by atoms with Crippen molar-refractivity contribution in [2.24, 2.45) is 0 Å². The first-order valence-electron chi connectivity index (χ1n) is 5.61. The molecule has 7 heteroatoms. The summed E-state index contributed by atoms with van der Waals surface area (Å²) in [5.74, 6) is -2.46. The molecule has 0 bridgehead atoms. The number of aromatic carboxylic acids is 1. The minimum atomic E-state index is -1.35. The summed E-state index contributed by atoms with van der Waals surface area (Å²) in [4.78, 5) is 30.2. The Kier molecular flexibility index (Phi) is 3.69. The Labute approximate surface area is 113 Å². The summed E-state index contributed by atoms with van der Waals surface area (Å²) < 4.78 is 13.1. The summed E-state index contributed by atoms with van der Waals surface area (Å²) >= 11 is 0. The largest absolute Gasteiger partial charge is 0.476 e. The van der Waals surface area contributed by atoms with Crippen molar-refractivity contribution >= 4 is 17.6 Å². The van der Waals surface area contributed by atoms with Crippen molar-refractivity contribution in [2.75, 3.05) is 5.32 Å². The van der Waals surface area contributed by atoms with Crippen molar-refractivity contribution in [1.29, 1.82) is 0 Å². The summed E-state index contributed by atoms with van der Waals surface area (Å²) in [5, 5.41) is 11.4. The van der Waals surface area contributed by atoms with E-state index < -0.39 is 23.4 Å². The van der Waals surface area contributed by atoms with E-state index in [-0.39, 0.29) is 5.69 Å². The molecule has 0 radical (unpaired) electrons. The number of hydrogen-bond donors (Lipinski definition) is 2. The zero-order valence-electron chi connectivity index (χ0n) is 10.4. The molecule has 2 rings (SSSR count). The highest BCUT2D eigenvalue weighted by atomic mass is 19.1. The highest BCUT2D eigenvalue weighted by Crippen LogP contribution is 2.15. The molecule has 6 nitrogen and oxygen atoms in total. The standard InChI is InChI=1S/C13H10FN3O3/c1-7-6-8(2-3-9(7)14)17-12(18)10-11(13(19)20)16-5-4-15-10/h2-6H,1H3,(H,17,18)(H,19,20). The normalized spacial score (nSPS) is 10.1. The van der Waals surface area contributed by atoms with E-state index in [1.165, 1.54) is 30.6 Å². The molecule has 0 aliphatic carbocycles. The van der Waals surface area contributed by atoms with Crippen LogP contribution in [0.1, 0.15) is 26.5 Å². The number of nitrogens with one attached hydrogen (secondary N) is 1. The minimum Gasteiger partial charge on any atom is -0.476 e. The summed E-state index contributed by atoms with van der Waals surface area (Å²) in [6.07, 6.45) is 2.40. The average molecular weight is 275 g/mol. The van der Waals surface area contributed by atoms with Gasteiger partial charge in [0, 0.05) is 18.1 Å². The van der Waals surface area contributed by atoms with Crippen LogP contribution in [-0.2, 0) is 0 Å². The van der Waals surface area contributed by atoms with Crippen LogP contribution in [-0.4, -0.2) is 27.0 Å². The van der Waals surface area contributed by atoms with Gasteiger partial charge in [-0.05, 0) is 30.7 Å². The van der Waals surface area contributed by atoms with Crippen LogP contribution in [0.15, 0.2) is 30.6 Å². The van der Waals surface area contributed by atoms with E-state index in [0.717, 1.165) is 0 Å². The quantitative estimate of drug-likeness (QED) is 0.892. The van der Waals surface area contributed by atoms with Crippen LogP contribution in [0.4, 0.5) is 10.1 Å². The van der Waals surface area contributed by atoms with Crippen LogP contribution in [0, 0.1) is 12.7 Å². The molecule has 0 saturated carbocycles. The monoisotopic (exact) mass is 275 g/mol. The Bertz CT molecular complexity index is 688. The molecular formula is C13H10FN3O3. The lowest BCUT2D eigenvalue weighted by Gasteiger charge is -2.07. The molecule has 0 aliphatic heterocycles. The second-order valence-electron chi connectivity index (χ2n) is 3.98. The molecule has 0 saturated heterocycles. The fourth-order valence-electron chi connectivity index (χ4n) is 1.57. The lowest BCUT2D eigenvalue weighted by atomic mass is 10.2. The number of carbonyl (C=O) groups is 2. The van der Waals surface area contributed by atoms with Gasteiger partial charge >= 0.3 is 5.97 Å². The first-order valence-corrected chi connectivity index (χ1v) is 5.61. The Morgan fingerprint density at radius 3 is 2.45 bits per heavy atom. The Morgan fingerprint density at radius 1 is 1.20 bits per heavy atom. The van der Waals surface area contributed by atoms with Gasteiger partial charge in [-0.2, -0.15) is 0 Å². The second kappa shape index (κ2) is 5.43. The molecule has 1 aromatic carbocycles. The van der Waals surface area contributed by atoms with Crippen molar-refractivity contribution in [3.8, 4) is 0 Å². The summed E-state index contributed by atoms with van der Waals surface area (Å²) in [5.41, 5.74) is -0.0397. The third kappa shape index (κ3) is 2.77. The highest BCUT2D eigenvalue weighted by Gasteiger charge is 2.19. The summed E-state index contributed by atoms with van der Waals surface area (Å²) in [6.45, 7) is 1.55. The van der Waals surface area contributed by atoms with Gasteiger partial charge in [0.1, 0.15) is 5.82 Å². The van der Waals surface area contributed by atoms with Crippen molar-refractivity contribution in [1.82, 2.24) is 9.97 Å². The maximum atomic E-state index is 13.1. The molecule has 1 aromatic heterocycles. The van der Waals surface area contributed by atoms with Gasteiger partial charge in [-0.1, -0.05) is 0 Å². The Morgan fingerprint density at radius 2 is 1.85 bits per heavy atom. The van der Waals surface area contributed by atoms with Crippen LogP contribution < -0.4 is 5.32 Å². The van der Waals surface area contributed by atoms with Gasteiger partial charge in [-0.25, -0.2) is 19.2 Å². The number of anilines is 1. The maximum Gasteiger partial charge on any atom is 0.356 e. The van der Waals surface area contributed by atoms with Crippen molar-refractivity contribution in [3.05, 3.63) is 53.4 Å². The van der Waals surface area contributed by atoms with Crippen LogP contribution in [0.3, 0.4) is 0 Å². The molecular weight excluding hydrogens is 265 g/mol. The van der Waals surface area contributed by atoms with Gasteiger partial charge in [-0.3, -0.25) is 4.79 Å². The number of halogens is 1. The van der Waals surface area contributed by atoms with Crippen molar-refractivity contribution < 1.29 is 19.1 Å². The van der Waals surface area contributed by atoms with Crippen molar-refractivity contribution in [3.63, 3.8) is 0 Å². The zero-order chi connectivity index (χ0) is 14.7. The third-order valence-electron chi connectivity index (χ3n) is 2.53. The van der Waals surface area contributed by atoms with Gasteiger partial charge in [0.25, 0.3) is 5.91 Å². The van der Waals surface area contributed by atoms with Crippen molar-refractivity contribution in [2.45, 2.75) is 6.92 Å². The number of aromatic nitrogens is 2. The lowest BCUT2D eigenvalue weighted by molar-refractivity contribution is 0.0685. The van der Waals surface area contributed by atoms with Crippen LogP contribution in [0.5, 0.6) is 0 Å². The number of nitrogens with zero attached hydrogens (tertiary/aromatic N) is 2. The van der Waals surface area contributed by atoms with E-state index in [1.807, 2.05) is 0 Å². The van der Waals surface area contributed by atoms with Crippen LogP contribution >= 0.6 is 0 Å². The number of rotatable bonds is 3. The highest BCUT2D eigenvalue weighted by molar-refractivity contribution is 6.08. The molecule has 102 valence electrons. The number of aryl methyl sites for hydroxylation is 1. The predicted octanol–water partition coefficient (Wildman–Crippen LogP) is 1.87. The van der Waals surface area contributed by atoms with E-state index in [2.05, 4.69) is 15.3 Å².